The number of ether oxygens (including phenoxy) is 1. The third-order valence-electron chi connectivity index (χ3n) is 2.59. The fraction of sp³-hybridized carbons (Fsp3) is 0. The molecule has 0 saturated carbocycles. The molecule has 0 spiro atoms. The molecule has 0 bridgehead atoms. The highest BCUT2D eigenvalue weighted by Crippen LogP contribution is 2.31. The van der Waals surface area contributed by atoms with E-state index in [9.17, 15) is 12.8 Å². The Bertz CT molecular complexity index is 844. The summed E-state index contributed by atoms with van der Waals surface area (Å²) in [6.45, 7) is 0. The summed E-state index contributed by atoms with van der Waals surface area (Å²) in [6, 6.07) is 8.99. The van der Waals surface area contributed by atoms with Gasteiger partial charge in [-0.15, -0.1) is 0 Å². The fourth-order valence-electron chi connectivity index (χ4n) is 1.55. The van der Waals surface area contributed by atoms with Gasteiger partial charge in [0.1, 0.15) is 0 Å². The van der Waals surface area contributed by atoms with Crippen LogP contribution in [0.1, 0.15) is 5.56 Å². The molecule has 0 aliphatic heterocycles. The summed E-state index contributed by atoms with van der Waals surface area (Å²) in [5, 5.41) is 13.7. The lowest BCUT2D eigenvalue weighted by atomic mass is 10.2. The van der Waals surface area contributed by atoms with Gasteiger partial charge in [0.15, 0.2) is 17.3 Å². The number of nitriles is 1. The van der Waals surface area contributed by atoms with Crippen molar-refractivity contribution < 1.29 is 17.5 Å². The minimum atomic E-state index is -3.93. The van der Waals surface area contributed by atoms with Crippen molar-refractivity contribution in [3.05, 3.63) is 47.8 Å². The molecule has 0 aliphatic carbocycles. The number of hydrogen-bond acceptors (Lipinski definition) is 5. The zero-order chi connectivity index (χ0) is 15.6. The fourth-order valence-corrected chi connectivity index (χ4v) is 2.08. The molecule has 0 aromatic heterocycles. The van der Waals surface area contributed by atoms with Crippen LogP contribution in [-0.2, 0) is 10.0 Å². The van der Waals surface area contributed by atoms with Gasteiger partial charge >= 0.3 is 0 Å². The van der Waals surface area contributed by atoms with E-state index >= 15 is 0 Å². The molecule has 2 rings (SSSR count). The van der Waals surface area contributed by atoms with Crippen LogP contribution in [0.5, 0.6) is 11.5 Å². The maximum Gasteiger partial charge on any atom is 0.238 e. The van der Waals surface area contributed by atoms with Gasteiger partial charge in [-0.1, -0.05) is 0 Å². The van der Waals surface area contributed by atoms with E-state index in [1.807, 2.05) is 0 Å². The van der Waals surface area contributed by atoms with E-state index < -0.39 is 15.8 Å². The molecular formula is C13H10FN3O3S. The quantitative estimate of drug-likeness (QED) is 0.837. The minimum absolute atomic E-state index is 0.0508. The second-order valence-electron chi connectivity index (χ2n) is 4.10. The van der Waals surface area contributed by atoms with Crippen molar-refractivity contribution in [3.63, 3.8) is 0 Å². The van der Waals surface area contributed by atoms with Crippen LogP contribution in [-0.4, -0.2) is 8.42 Å². The Morgan fingerprint density at radius 3 is 2.43 bits per heavy atom. The highest BCUT2D eigenvalue weighted by atomic mass is 32.2. The van der Waals surface area contributed by atoms with Gasteiger partial charge in [-0.05, 0) is 30.3 Å². The first-order valence-corrected chi connectivity index (χ1v) is 7.16. The standard InChI is InChI=1S/C13H10FN3O3S/c14-10-5-8(7-15)1-4-12(10)20-13-6-9(21(17,18)19)2-3-11(13)16/h1-6H,16H2,(H2,17,18,19). The van der Waals surface area contributed by atoms with E-state index in [1.54, 1.807) is 6.07 Å². The summed E-state index contributed by atoms with van der Waals surface area (Å²) in [4.78, 5) is -0.208. The molecule has 0 aliphatic rings. The summed E-state index contributed by atoms with van der Waals surface area (Å²) in [6.07, 6.45) is 0. The Morgan fingerprint density at radius 1 is 1.14 bits per heavy atom. The van der Waals surface area contributed by atoms with Gasteiger partial charge in [0.25, 0.3) is 0 Å². The number of primary sulfonamides is 1. The van der Waals surface area contributed by atoms with Crippen molar-refractivity contribution in [2.75, 3.05) is 5.73 Å². The van der Waals surface area contributed by atoms with E-state index in [0.29, 0.717) is 0 Å². The molecule has 0 radical (unpaired) electrons. The van der Waals surface area contributed by atoms with E-state index in [1.165, 1.54) is 24.3 Å². The molecule has 2 aromatic rings. The van der Waals surface area contributed by atoms with Gasteiger partial charge in [0, 0.05) is 6.07 Å². The summed E-state index contributed by atoms with van der Waals surface area (Å²) in [5.74, 6) is -1.01. The van der Waals surface area contributed by atoms with Gasteiger partial charge in [-0.25, -0.2) is 17.9 Å². The van der Waals surface area contributed by atoms with Gasteiger partial charge in [-0.3, -0.25) is 0 Å². The molecule has 21 heavy (non-hydrogen) atoms. The molecule has 0 fully saturated rings. The summed E-state index contributed by atoms with van der Waals surface area (Å²) in [5.41, 5.74) is 5.90. The first kappa shape index (κ1) is 14.8. The molecule has 8 heteroatoms. The number of anilines is 1. The Balaban J connectivity index is 2.42. The first-order chi connectivity index (χ1) is 9.81. The van der Waals surface area contributed by atoms with Crippen LogP contribution in [0.25, 0.3) is 0 Å². The molecule has 0 amide bonds. The van der Waals surface area contributed by atoms with Crippen molar-refractivity contribution in [1.29, 1.82) is 5.26 Å². The second kappa shape index (κ2) is 5.40. The molecule has 0 unspecified atom stereocenters. The zero-order valence-corrected chi connectivity index (χ0v) is 11.4. The van der Waals surface area contributed by atoms with Gasteiger partial charge < -0.3 is 10.5 Å². The molecule has 0 heterocycles. The van der Waals surface area contributed by atoms with E-state index in [4.69, 9.17) is 20.9 Å². The number of hydrogen-bond donors (Lipinski definition) is 2. The normalized spacial score (nSPS) is 10.9. The lowest BCUT2D eigenvalue weighted by Crippen LogP contribution is -2.12. The molecule has 0 atom stereocenters. The molecule has 4 N–H and O–H groups in total. The van der Waals surface area contributed by atoms with Crippen LogP contribution in [0.2, 0.25) is 0 Å². The monoisotopic (exact) mass is 307 g/mol. The first-order valence-electron chi connectivity index (χ1n) is 5.61. The Morgan fingerprint density at radius 2 is 1.86 bits per heavy atom. The van der Waals surface area contributed by atoms with Crippen molar-refractivity contribution in [2.24, 2.45) is 5.14 Å². The minimum Gasteiger partial charge on any atom is -0.452 e. The van der Waals surface area contributed by atoms with Crippen LogP contribution in [0.3, 0.4) is 0 Å². The van der Waals surface area contributed by atoms with Crippen LogP contribution >= 0.6 is 0 Å². The average Bonchev–Trinajstić information content (AvgIpc) is 2.42. The summed E-state index contributed by atoms with van der Waals surface area (Å²) >= 11 is 0. The zero-order valence-electron chi connectivity index (χ0n) is 10.6. The third kappa shape index (κ3) is 3.28. The molecule has 0 saturated heterocycles. The number of benzene rings is 2. The number of nitrogen functional groups attached to an aromatic ring is 1. The van der Waals surface area contributed by atoms with Crippen LogP contribution < -0.4 is 15.6 Å². The van der Waals surface area contributed by atoms with Crippen molar-refractivity contribution in [2.45, 2.75) is 4.90 Å². The highest BCUT2D eigenvalue weighted by Gasteiger charge is 2.13. The molecule has 108 valence electrons. The van der Waals surface area contributed by atoms with Crippen molar-refractivity contribution in [3.8, 4) is 17.6 Å². The number of nitrogens with two attached hydrogens (primary N) is 2. The summed E-state index contributed by atoms with van der Waals surface area (Å²) < 4.78 is 41.5. The molecular weight excluding hydrogens is 297 g/mol. The Kier molecular flexibility index (Phi) is 3.80. The molecule has 6 nitrogen and oxygen atoms in total. The smallest absolute Gasteiger partial charge is 0.238 e. The lowest BCUT2D eigenvalue weighted by Gasteiger charge is -2.10. The predicted octanol–water partition coefficient (Wildman–Crippen LogP) is 1.72. The number of rotatable bonds is 3. The van der Waals surface area contributed by atoms with Gasteiger partial charge in [0.05, 0.1) is 22.2 Å². The largest absolute Gasteiger partial charge is 0.452 e. The highest BCUT2D eigenvalue weighted by molar-refractivity contribution is 7.89. The molecule has 2 aromatic carbocycles. The Hall–Kier alpha value is -2.63. The van der Waals surface area contributed by atoms with Crippen molar-refractivity contribution in [1.82, 2.24) is 0 Å². The van der Waals surface area contributed by atoms with Gasteiger partial charge in [0.2, 0.25) is 10.0 Å². The van der Waals surface area contributed by atoms with Crippen LogP contribution in [0.15, 0.2) is 41.3 Å². The van der Waals surface area contributed by atoms with E-state index in [0.717, 1.165) is 12.1 Å². The second-order valence-corrected chi connectivity index (χ2v) is 5.67. The number of nitrogens with zero attached hydrogens (tertiary/aromatic N) is 1. The van der Waals surface area contributed by atoms with E-state index in [2.05, 4.69) is 0 Å². The lowest BCUT2D eigenvalue weighted by molar-refractivity contribution is 0.443. The maximum atomic E-state index is 13.7. The van der Waals surface area contributed by atoms with E-state index in [-0.39, 0.29) is 27.6 Å². The van der Waals surface area contributed by atoms with Crippen LogP contribution in [0.4, 0.5) is 10.1 Å². The topological polar surface area (TPSA) is 119 Å². The number of halogens is 1. The SMILES string of the molecule is N#Cc1ccc(Oc2cc(S(N)(=O)=O)ccc2N)c(F)c1. The van der Waals surface area contributed by atoms with Crippen LogP contribution in [0, 0.1) is 17.1 Å². The summed E-state index contributed by atoms with van der Waals surface area (Å²) in [7, 11) is -3.93. The predicted molar refractivity (Wildman–Crippen MR) is 73.4 cm³/mol. The van der Waals surface area contributed by atoms with Gasteiger partial charge in [-0.2, -0.15) is 5.26 Å². The average molecular weight is 307 g/mol. The Labute approximate surface area is 120 Å². The number of sulfonamides is 1. The van der Waals surface area contributed by atoms with Crippen molar-refractivity contribution >= 4 is 15.7 Å². The maximum absolute atomic E-state index is 13.7. The third-order valence-corrected chi connectivity index (χ3v) is 3.51.